The molecule has 2 aliphatic heterocycles. The molecule has 2 saturated heterocycles. The summed E-state index contributed by atoms with van der Waals surface area (Å²) >= 11 is 6.98. The van der Waals surface area contributed by atoms with Gasteiger partial charge in [0.05, 0.1) is 29.6 Å². The number of carbonyl (C=O) groups excluding carboxylic acids is 1. The maximum Gasteiger partial charge on any atom is 0.275 e. The van der Waals surface area contributed by atoms with E-state index in [9.17, 15) is 4.79 Å². The smallest absolute Gasteiger partial charge is 0.275 e. The third kappa shape index (κ3) is 5.55. The molecular weight excluding hydrogens is 446 g/mol. The molecule has 0 radical (unpaired) electrons. The van der Waals surface area contributed by atoms with Crippen LogP contribution in [0.2, 0.25) is 0 Å². The fraction of sp³-hybridized carbons (Fsp3) is 0.500. The molecule has 1 aromatic heterocycles. The average Bonchev–Trinajstić information content (AvgIpc) is 3.34. The van der Waals surface area contributed by atoms with E-state index in [0.29, 0.717) is 31.6 Å². The number of aromatic nitrogens is 1. The lowest BCUT2D eigenvalue weighted by atomic mass is 9.98. The van der Waals surface area contributed by atoms with Gasteiger partial charge in [0.25, 0.3) is 5.91 Å². The average molecular weight is 476 g/mol. The highest BCUT2D eigenvalue weighted by atomic mass is 32.1. The third-order valence-electron chi connectivity index (χ3n) is 5.76. The molecule has 4 rings (SSSR count). The SMILES string of the molecule is COCNC(=S)N1CCC(c2nc(C(=O)Nc3ccccc3N3CCOCC3)cs2)CC1. The number of nitrogens with one attached hydrogen (secondary N) is 2. The number of ether oxygens (including phenoxy) is 2. The van der Waals surface area contributed by atoms with Crippen molar-refractivity contribution in [3.8, 4) is 0 Å². The number of nitrogens with zero attached hydrogens (tertiary/aromatic N) is 3. The van der Waals surface area contributed by atoms with Crippen molar-refractivity contribution in [3.63, 3.8) is 0 Å². The van der Waals surface area contributed by atoms with E-state index in [-0.39, 0.29) is 5.91 Å². The van der Waals surface area contributed by atoms with Crippen LogP contribution in [0.3, 0.4) is 0 Å². The van der Waals surface area contributed by atoms with Gasteiger partial charge in [-0.1, -0.05) is 12.1 Å². The molecule has 1 aromatic carbocycles. The van der Waals surface area contributed by atoms with Crippen LogP contribution in [0, 0.1) is 0 Å². The Morgan fingerprint density at radius 1 is 1.25 bits per heavy atom. The number of hydrogen-bond acceptors (Lipinski definition) is 7. The molecule has 32 heavy (non-hydrogen) atoms. The van der Waals surface area contributed by atoms with E-state index >= 15 is 0 Å². The number of rotatable bonds is 6. The lowest BCUT2D eigenvalue weighted by molar-refractivity contribution is 0.102. The molecule has 2 N–H and O–H groups in total. The molecule has 0 unspecified atom stereocenters. The number of para-hydroxylation sites is 2. The Morgan fingerprint density at radius 2 is 2.00 bits per heavy atom. The molecule has 0 spiro atoms. The highest BCUT2D eigenvalue weighted by molar-refractivity contribution is 7.80. The first kappa shape index (κ1) is 22.9. The lowest BCUT2D eigenvalue weighted by Crippen LogP contribution is -2.44. The van der Waals surface area contributed by atoms with Gasteiger partial charge in [0.2, 0.25) is 0 Å². The zero-order valence-corrected chi connectivity index (χ0v) is 19.8. The number of piperidine rings is 1. The van der Waals surface area contributed by atoms with Crippen molar-refractivity contribution in [1.82, 2.24) is 15.2 Å². The minimum atomic E-state index is -0.171. The summed E-state index contributed by atoms with van der Waals surface area (Å²) in [4.78, 5) is 22.0. The van der Waals surface area contributed by atoms with Gasteiger partial charge in [-0.25, -0.2) is 4.98 Å². The molecule has 8 nitrogen and oxygen atoms in total. The molecule has 0 atom stereocenters. The van der Waals surface area contributed by atoms with Crippen molar-refractivity contribution in [2.45, 2.75) is 18.8 Å². The number of amides is 1. The Morgan fingerprint density at radius 3 is 2.75 bits per heavy atom. The van der Waals surface area contributed by atoms with Gasteiger partial charge in [0.1, 0.15) is 12.4 Å². The number of benzene rings is 1. The maximum atomic E-state index is 12.9. The molecular formula is C22H29N5O3S2. The zero-order chi connectivity index (χ0) is 22.3. The number of anilines is 2. The predicted molar refractivity (Wildman–Crippen MR) is 131 cm³/mol. The van der Waals surface area contributed by atoms with Crippen molar-refractivity contribution in [2.75, 3.05) is 63.5 Å². The van der Waals surface area contributed by atoms with E-state index in [1.54, 1.807) is 18.4 Å². The van der Waals surface area contributed by atoms with Crippen LogP contribution in [0.5, 0.6) is 0 Å². The standard InChI is InChI=1S/C22H29N5O3S2/c1-29-15-23-22(31)27-8-6-16(7-9-27)21-25-18(14-32-21)20(28)24-17-4-2-3-5-19(17)26-10-12-30-13-11-26/h2-5,14,16H,6-13,15H2,1H3,(H,23,31)(H,24,28). The Hall–Kier alpha value is -2.27. The van der Waals surface area contributed by atoms with Crippen LogP contribution in [0.1, 0.15) is 34.3 Å². The molecule has 10 heteroatoms. The zero-order valence-electron chi connectivity index (χ0n) is 18.2. The first-order valence-electron chi connectivity index (χ1n) is 10.9. The second kappa shape index (κ2) is 11.0. The van der Waals surface area contributed by atoms with Crippen LogP contribution in [0.15, 0.2) is 29.6 Å². The number of likely N-dealkylation sites (tertiary alicyclic amines) is 1. The van der Waals surface area contributed by atoms with Gasteiger partial charge in [-0.2, -0.15) is 0 Å². The second-order valence-corrected chi connectivity index (χ2v) is 9.09. The second-order valence-electron chi connectivity index (χ2n) is 7.82. The molecule has 172 valence electrons. The van der Waals surface area contributed by atoms with Crippen molar-refractivity contribution in [1.29, 1.82) is 0 Å². The van der Waals surface area contributed by atoms with Crippen molar-refractivity contribution in [2.24, 2.45) is 0 Å². The quantitative estimate of drug-likeness (QED) is 0.488. The minimum absolute atomic E-state index is 0.171. The normalized spacial score (nSPS) is 17.3. The van der Waals surface area contributed by atoms with Gasteiger partial charge in [-0.15, -0.1) is 11.3 Å². The van der Waals surface area contributed by atoms with E-state index in [2.05, 4.69) is 25.4 Å². The van der Waals surface area contributed by atoms with Crippen molar-refractivity contribution in [3.05, 3.63) is 40.3 Å². The van der Waals surface area contributed by atoms with E-state index in [1.165, 1.54) is 0 Å². The van der Waals surface area contributed by atoms with Gasteiger partial charge in [-0.05, 0) is 37.2 Å². The van der Waals surface area contributed by atoms with Gasteiger partial charge in [0.15, 0.2) is 5.11 Å². The molecule has 0 bridgehead atoms. The summed E-state index contributed by atoms with van der Waals surface area (Å²) in [5.41, 5.74) is 2.30. The fourth-order valence-electron chi connectivity index (χ4n) is 4.00. The molecule has 2 aliphatic rings. The van der Waals surface area contributed by atoms with Gasteiger partial charge in [-0.3, -0.25) is 4.79 Å². The van der Waals surface area contributed by atoms with Crippen LogP contribution >= 0.6 is 23.6 Å². The summed E-state index contributed by atoms with van der Waals surface area (Å²) in [6.45, 7) is 5.18. The Labute approximate surface area is 197 Å². The Balaban J connectivity index is 1.35. The van der Waals surface area contributed by atoms with E-state index < -0.39 is 0 Å². The number of carbonyl (C=O) groups is 1. The van der Waals surface area contributed by atoms with E-state index in [0.717, 1.165) is 60.5 Å². The van der Waals surface area contributed by atoms with Crippen LogP contribution < -0.4 is 15.5 Å². The molecule has 2 fully saturated rings. The van der Waals surface area contributed by atoms with Crippen LogP contribution in [0.4, 0.5) is 11.4 Å². The number of methoxy groups -OCH3 is 1. The first-order chi connectivity index (χ1) is 15.7. The summed E-state index contributed by atoms with van der Waals surface area (Å²) in [7, 11) is 1.64. The number of thiocarbonyl (C=S) groups is 1. The van der Waals surface area contributed by atoms with Crippen LogP contribution in [0.25, 0.3) is 0 Å². The first-order valence-corrected chi connectivity index (χ1v) is 12.1. The summed E-state index contributed by atoms with van der Waals surface area (Å²) in [6, 6.07) is 7.90. The maximum absolute atomic E-state index is 12.9. The summed E-state index contributed by atoms with van der Waals surface area (Å²) in [5.74, 6) is 0.180. The lowest BCUT2D eigenvalue weighted by Gasteiger charge is -2.33. The fourth-order valence-corrected chi connectivity index (χ4v) is 5.21. The summed E-state index contributed by atoms with van der Waals surface area (Å²) in [6.07, 6.45) is 1.92. The molecule has 3 heterocycles. The number of morpholine rings is 1. The monoisotopic (exact) mass is 475 g/mol. The molecule has 0 aliphatic carbocycles. The van der Waals surface area contributed by atoms with Crippen molar-refractivity contribution < 1.29 is 14.3 Å². The Bertz CT molecular complexity index is 924. The molecule has 0 saturated carbocycles. The van der Waals surface area contributed by atoms with Gasteiger partial charge in [0, 0.05) is 44.6 Å². The highest BCUT2D eigenvalue weighted by Crippen LogP contribution is 2.31. The summed E-state index contributed by atoms with van der Waals surface area (Å²) in [5, 5.41) is 9.75. The third-order valence-corrected chi connectivity index (χ3v) is 7.17. The highest BCUT2D eigenvalue weighted by Gasteiger charge is 2.25. The van der Waals surface area contributed by atoms with Gasteiger partial charge < -0.3 is 29.9 Å². The topological polar surface area (TPSA) is 79.0 Å². The number of hydrogen-bond donors (Lipinski definition) is 2. The molecule has 2 aromatic rings. The van der Waals surface area contributed by atoms with E-state index in [1.807, 2.05) is 29.6 Å². The van der Waals surface area contributed by atoms with Gasteiger partial charge >= 0.3 is 0 Å². The predicted octanol–water partition coefficient (Wildman–Crippen LogP) is 2.89. The Kier molecular flexibility index (Phi) is 7.90. The van der Waals surface area contributed by atoms with Crippen molar-refractivity contribution >= 4 is 45.9 Å². The van der Waals surface area contributed by atoms with E-state index in [4.69, 9.17) is 21.7 Å². The number of thiazole rings is 1. The minimum Gasteiger partial charge on any atom is -0.378 e. The van der Waals surface area contributed by atoms with Crippen LogP contribution in [-0.4, -0.2) is 74.1 Å². The van der Waals surface area contributed by atoms with Crippen LogP contribution in [-0.2, 0) is 9.47 Å². The summed E-state index contributed by atoms with van der Waals surface area (Å²) < 4.78 is 10.5. The molecule has 1 amide bonds. The largest absolute Gasteiger partial charge is 0.378 e.